The molecule has 7 heteroatoms. The highest BCUT2D eigenvalue weighted by Crippen LogP contribution is 2.27. The zero-order chi connectivity index (χ0) is 21.1. The highest BCUT2D eigenvalue weighted by Gasteiger charge is 2.14. The number of methoxy groups -OCH3 is 1. The third kappa shape index (κ3) is 3.97. The number of hydrogen-bond acceptors (Lipinski definition) is 4. The maximum absolute atomic E-state index is 12.7. The van der Waals surface area contributed by atoms with Crippen molar-refractivity contribution in [1.29, 1.82) is 0 Å². The van der Waals surface area contributed by atoms with Crippen LogP contribution in [-0.2, 0) is 17.9 Å². The quantitative estimate of drug-likeness (QED) is 0.456. The van der Waals surface area contributed by atoms with Crippen molar-refractivity contribution < 1.29 is 9.53 Å². The summed E-state index contributed by atoms with van der Waals surface area (Å²) >= 11 is 5.34. The van der Waals surface area contributed by atoms with Gasteiger partial charge in [0, 0.05) is 17.7 Å². The Hall–Kier alpha value is -3.45. The highest BCUT2D eigenvalue weighted by molar-refractivity contribution is 7.71. The third-order valence-corrected chi connectivity index (χ3v) is 5.36. The number of amides is 1. The van der Waals surface area contributed by atoms with Gasteiger partial charge in [0.25, 0.3) is 0 Å². The largest absolute Gasteiger partial charge is 0.496 e. The van der Waals surface area contributed by atoms with E-state index in [1.807, 2.05) is 67.6 Å². The number of carbonyl (C=O) groups is 1. The van der Waals surface area contributed by atoms with Gasteiger partial charge in [0.1, 0.15) is 12.3 Å². The van der Waals surface area contributed by atoms with Crippen molar-refractivity contribution in [2.45, 2.75) is 20.0 Å². The number of aromatic amines is 1. The maximum atomic E-state index is 12.7. The number of nitrogens with one attached hydrogen (secondary N) is 2. The Kier molecular flexibility index (Phi) is 5.63. The summed E-state index contributed by atoms with van der Waals surface area (Å²) in [5, 5.41) is 12.2. The fourth-order valence-corrected chi connectivity index (χ4v) is 3.66. The molecule has 0 radical (unpaired) electrons. The lowest BCUT2D eigenvalue weighted by Gasteiger charge is -2.13. The second-order valence-corrected chi connectivity index (χ2v) is 7.44. The number of rotatable bonds is 6. The molecule has 1 amide bonds. The summed E-state index contributed by atoms with van der Waals surface area (Å²) in [5.41, 5.74) is 3.00. The lowest BCUT2D eigenvalue weighted by Crippen LogP contribution is -2.27. The molecule has 0 aliphatic carbocycles. The van der Waals surface area contributed by atoms with Crippen LogP contribution in [0.2, 0.25) is 0 Å². The number of ether oxygens (including phenoxy) is 1. The zero-order valence-corrected chi connectivity index (χ0v) is 17.6. The molecular weight excluding hydrogens is 396 g/mol. The van der Waals surface area contributed by atoms with Gasteiger partial charge in [-0.1, -0.05) is 60.2 Å². The predicted octanol–water partition coefficient (Wildman–Crippen LogP) is 4.39. The van der Waals surface area contributed by atoms with Crippen LogP contribution in [0.4, 0.5) is 0 Å². The van der Waals surface area contributed by atoms with Crippen LogP contribution >= 0.6 is 12.2 Å². The van der Waals surface area contributed by atoms with Crippen LogP contribution in [0.25, 0.3) is 22.2 Å². The fourth-order valence-electron chi connectivity index (χ4n) is 3.46. The molecule has 1 aromatic heterocycles. The van der Waals surface area contributed by atoms with Crippen molar-refractivity contribution in [3.05, 3.63) is 76.6 Å². The second-order valence-electron chi connectivity index (χ2n) is 7.05. The van der Waals surface area contributed by atoms with Gasteiger partial charge in [-0.15, -0.1) is 0 Å². The van der Waals surface area contributed by atoms with Gasteiger partial charge in [-0.05, 0) is 36.0 Å². The van der Waals surface area contributed by atoms with Crippen molar-refractivity contribution in [3.8, 4) is 17.1 Å². The van der Waals surface area contributed by atoms with E-state index in [1.54, 1.807) is 11.7 Å². The first-order valence-corrected chi connectivity index (χ1v) is 10.0. The Morgan fingerprint density at radius 3 is 2.67 bits per heavy atom. The van der Waals surface area contributed by atoms with Gasteiger partial charge < -0.3 is 10.1 Å². The summed E-state index contributed by atoms with van der Waals surface area (Å²) in [6.07, 6.45) is 0. The molecule has 0 saturated heterocycles. The van der Waals surface area contributed by atoms with E-state index in [9.17, 15) is 4.79 Å². The molecule has 3 aromatic carbocycles. The van der Waals surface area contributed by atoms with Crippen molar-refractivity contribution in [1.82, 2.24) is 20.1 Å². The molecular formula is C23H22N4O2S. The fraction of sp³-hybridized carbons (Fsp3) is 0.174. The third-order valence-electron chi connectivity index (χ3n) is 5.05. The first kappa shape index (κ1) is 19.8. The molecule has 0 saturated carbocycles. The molecule has 1 heterocycles. The lowest BCUT2D eigenvalue weighted by atomic mass is 10.0. The summed E-state index contributed by atoms with van der Waals surface area (Å²) in [7, 11) is 1.63. The number of benzene rings is 3. The number of aromatic nitrogens is 3. The molecule has 30 heavy (non-hydrogen) atoms. The highest BCUT2D eigenvalue weighted by atomic mass is 32.1. The van der Waals surface area contributed by atoms with E-state index >= 15 is 0 Å². The van der Waals surface area contributed by atoms with Gasteiger partial charge in [-0.3, -0.25) is 14.5 Å². The molecule has 2 N–H and O–H groups in total. The molecule has 0 aliphatic rings. The van der Waals surface area contributed by atoms with E-state index in [0.29, 0.717) is 17.1 Å². The van der Waals surface area contributed by atoms with E-state index in [4.69, 9.17) is 17.0 Å². The van der Waals surface area contributed by atoms with E-state index in [2.05, 4.69) is 15.5 Å². The Labute approximate surface area is 179 Å². The zero-order valence-electron chi connectivity index (χ0n) is 16.8. The topological polar surface area (TPSA) is 71.9 Å². The van der Waals surface area contributed by atoms with Gasteiger partial charge in [0.15, 0.2) is 10.6 Å². The van der Waals surface area contributed by atoms with Gasteiger partial charge in [0.2, 0.25) is 5.91 Å². The molecule has 0 unspecified atom stereocenters. The summed E-state index contributed by atoms with van der Waals surface area (Å²) < 4.78 is 7.62. The summed E-state index contributed by atoms with van der Waals surface area (Å²) in [6, 6.07) is 19.9. The summed E-state index contributed by atoms with van der Waals surface area (Å²) in [6.45, 7) is 2.45. The van der Waals surface area contributed by atoms with Gasteiger partial charge in [-0.2, -0.15) is 5.10 Å². The molecule has 0 aliphatic heterocycles. The molecule has 0 atom stereocenters. The van der Waals surface area contributed by atoms with Gasteiger partial charge >= 0.3 is 0 Å². The van der Waals surface area contributed by atoms with Gasteiger partial charge in [0.05, 0.1) is 7.11 Å². The number of H-pyrrole nitrogens is 1. The summed E-state index contributed by atoms with van der Waals surface area (Å²) in [4.78, 5) is 12.7. The number of aryl methyl sites for hydroxylation is 1. The standard InChI is InChI=1S/C23H22N4O2S/c1-15-7-9-17(10-8-15)22-25-26-23(30)27(22)14-21(28)24-13-19-18-6-4-3-5-16(18)11-12-20(19)29-2/h3-12H,13-14H2,1-2H3,(H,24,28)(H,26,30). The molecule has 152 valence electrons. The molecule has 0 bridgehead atoms. The Balaban J connectivity index is 1.55. The minimum Gasteiger partial charge on any atom is -0.496 e. The Morgan fingerprint density at radius 1 is 1.13 bits per heavy atom. The van der Waals surface area contributed by atoms with Crippen LogP contribution < -0.4 is 10.1 Å². The van der Waals surface area contributed by atoms with Gasteiger partial charge in [-0.25, -0.2) is 0 Å². The van der Waals surface area contributed by atoms with Crippen LogP contribution in [0.15, 0.2) is 60.7 Å². The molecule has 0 fully saturated rings. The lowest BCUT2D eigenvalue weighted by molar-refractivity contribution is -0.121. The van der Waals surface area contributed by atoms with Crippen LogP contribution in [-0.4, -0.2) is 27.8 Å². The minimum absolute atomic E-state index is 0.0750. The van der Waals surface area contributed by atoms with Crippen molar-refractivity contribution >= 4 is 28.9 Å². The number of nitrogens with zero attached hydrogens (tertiary/aromatic N) is 2. The van der Waals surface area contributed by atoms with Crippen LogP contribution in [0, 0.1) is 11.7 Å². The SMILES string of the molecule is COc1ccc2ccccc2c1CNC(=O)Cn1c(-c2ccc(C)cc2)n[nH]c1=S. The van der Waals surface area contributed by atoms with Crippen LogP contribution in [0.3, 0.4) is 0 Å². The number of fused-ring (bicyclic) bond motifs is 1. The monoisotopic (exact) mass is 418 g/mol. The van der Waals surface area contributed by atoms with Crippen molar-refractivity contribution in [2.75, 3.05) is 7.11 Å². The van der Waals surface area contributed by atoms with Crippen molar-refractivity contribution in [2.24, 2.45) is 0 Å². The minimum atomic E-state index is -0.157. The average Bonchev–Trinajstić information content (AvgIpc) is 3.12. The van der Waals surface area contributed by atoms with Crippen molar-refractivity contribution in [3.63, 3.8) is 0 Å². The normalized spacial score (nSPS) is 10.9. The Bertz CT molecular complexity index is 1260. The molecule has 4 aromatic rings. The van der Waals surface area contributed by atoms with E-state index < -0.39 is 0 Å². The first-order chi connectivity index (χ1) is 14.6. The number of carbonyl (C=O) groups excluding carboxylic acids is 1. The summed E-state index contributed by atoms with van der Waals surface area (Å²) in [5.74, 6) is 1.23. The smallest absolute Gasteiger partial charge is 0.240 e. The average molecular weight is 419 g/mol. The maximum Gasteiger partial charge on any atom is 0.240 e. The van der Waals surface area contributed by atoms with E-state index in [1.165, 1.54) is 0 Å². The molecule has 0 spiro atoms. The number of hydrogen-bond donors (Lipinski definition) is 2. The van der Waals surface area contributed by atoms with Crippen LogP contribution in [0.1, 0.15) is 11.1 Å². The van der Waals surface area contributed by atoms with Crippen LogP contribution in [0.5, 0.6) is 5.75 Å². The first-order valence-electron chi connectivity index (χ1n) is 9.60. The van der Waals surface area contributed by atoms with E-state index in [0.717, 1.165) is 33.2 Å². The predicted molar refractivity (Wildman–Crippen MR) is 120 cm³/mol. The molecule has 6 nitrogen and oxygen atoms in total. The Morgan fingerprint density at radius 2 is 1.90 bits per heavy atom. The van der Waals surface area contributed by atoms with E-state index in [-0.39, 0.29) is 12.5 Å². The molecule has 4 rings (SSSR count). The second kappa shape index (κ2) is 8.51.